The van der Waals surface area contributed by atoms with Gasteiger partial charge in [0.2, 0.25) is 0 Å². The van der Waals surface area contributed by atoms with Gasteiger partial charge in [-0.3, -0.25) is 4.98 Å². The number of hydrogen-bond donors (Lipinski definition) is 0. The lowest BCUT2D eigenvalue weighted by Gasteiger charge is -2.41. The van der Waals surface area contributed by atoms with E-state index in [0.29, 0.717) is 23.4 Å². The Labute approximate surface area is 186 Å². The van der Waals surface area contributed by atoms with Crippen LogP contribution in [0.4, 0.5) is 18.0 Å². The number of urea groups is 1. The number of carbonyl (C=O) groups excluding carboxylic acids is 1. The Morgan fingerprint density at radius 3 is 2.55 bits per heavy atom. The van der Waals surface area contributed by atoms with Crippen molar-refractivity contribution in [2.75, 3.05) is 13.1 Å². The highest BCUT2D eigenvalue weighted by Crippen LogP contribution is 2.32. The van der Waals surface area contributed by atoms with Gasteiger partial charge in [-0.25, -0.2) is 27.7 Å². The van der Waals surface area contributed by atoms with E-state index in [1.807, 2.05) is 0 Å². The number of hydrazone groups is 1. The molecular weight excluding hydrogens is 439 g/mol. The van der Waals surface area contributed by atoms with Gasteiger partial charge in [-0.05, 0) is 17.7 Å². The molecular formula is C21H18F3N7O2. The molecule has 0 aliphatic carbocycles. The minimum Gasteiger partial charge on any atom is -0.483 e. The molecule has 2 aromatic heterocycles. The molecule has 33 heavy (non-hydrogen) atoms. The zero-order valence-electron chi connectivity index (χ0n) is 17.4. The first-order valence-corrected chi connectivity index (χ1v) is 10.1. The number of likely N-dealkylation sites (tertiary alicyclic amines) is 1. The van der Waals surface area contributed by atoms with Crippen LogP contribution >= 0.6 is 0 Å². The predicted octanol–water partition coefficient (Wildman–Crippen LogP) is 2.91. The first-order chi connectivity index (χ1) is 15.9. The quantitative estimate of drug-likeness (QED) is 0.601. The summed E-state index contributed by atoms with van der Waals surface area (Å²) >= 11 is 0. The minimum absolute atomic E-state index is 0.00519. The molecule has 3 aromatic rings. The Hall–Kier alpha value is -3.96. The maximum absolute atomic E-state index is 14.2. The van der Waals surface area contributed by atoms with Crippen molar-refractivity contribution in [2.45, 2.75) is 18.6 Å². The van der Waals surface area contributed by atoms with Crippen LogP contribution in [0.15, 0.2) is 41.8 Å². The molecule has 1 aromatic carbocycles. The van der Waals surface area contributed by atoms with Gasteiger partial charge < -0.3 is 9.64 Å². The third kappa shape index (κ3) is 3.99. The lowest BCUT2D eigenvalue weighted by molar-refractivity contribution is 0.0256. The van der Waals surface area contributed by atoms with Crippen LogP contribution < -0.4 is 4.74 Å². The Morgan fingerprint density at radius 2 is 1.85 bits per heavy atom. The summed E-state index contributed by atoms with van der Waals surface area (Å²) in [6, 6.07) is 3.58. The molecule has 9 nitrogen and oxygen atoms in total. The molecule has 0 saturated carbocycles. The fourth-order valence-electron chi connectivity index (χ4n) is 3.81. The number of amides is 2. The fraction of sp³-hybridized carbons (Fsp3) is 0.286. The number of rotatable bonds is 4. The molecule has 4 heterocycles. The molecule has 2 amide bonds. The molecule has 2 aliphatic rings. The summed E-state index contributed by atoms with van der Waals surface area (Å²) in [6.07, 6.45) is 4.00. The average Bonchev–Trinajstić information content (AvgIpc) is 3.39. The first-order valence-electron chi connectivity index (χ1n) is 10.1. The van der Waals surface area contributed by atoms with E-state index in [-0.39, 0.29) is 18.8 Å². The number of carbonyl (C=O) groups is 1. The van der Waals surface area contributed by atoms with Crippen molar-refractivity contribution in [2.24, 2.45) is 12.1 Å². The van der Waals surface area contributed by atoms with Gasteiger partial charge in [0.1, 0.15) is 23.4 Å². The molecule has 1 atom stereocenters. The van der Waals surface area contributed by atoms with Crippen molar-refractivity contribution in [3.63, 3.8) is 0 Å². The van der Waals surface area contributed by atoms with E-state index in [0.717, 1.165) is 12.3 Å². The lowest BCUT2D eigenvalue weighted by Crippen LogP contribution is -2.58. The molecule has 1 saturated heterocycles. The molecule has 12 heteroatoms. The van der Waals surface area contributed by atoms with Crippen LogP contribution in [0.3, 0.4) is 0 Å². The van der Waals surface area contributed by atoms with Crippen molar-refractivity contribution >= 4 is 12.2 Å². The molecule has 5 rings (SSSR count). The largest absolute Gasteiger partial charge is 0.483 e. The molecule has 0 unspecified atom stereocenters. The topological polar surface area (TPSA) is 88.7 Å². The molecule has 0 radical (unpaired) electrons. The number of pyridine rings is 1. The third-order valence-electron chi connectivity index (χ3n) is 5.50. The van der Waals surface area contributed by atoms with Crippen molar-refractivity contribution in [3.05, 3.63) is 59.7 Å². The van der Waals surface area contributed by atoms with Crippen molar-refractivity contribution in [1.29, 1.82) is 0 Å². The highest BCUT2D eigenvalue weighted by atomic mass is 19.1. The van der Waals surface area contributed by atoms with Gasteiger partial charge in [0.05, 0.1) is 37.2 Å². The second-order valence-electron chi connectivity index (χ2n) is 7.77. The highest BCUT2D eigenvalue weighted by Gasteiger charge is 2.39. The van der Waals surface area contributed by atoms with E-state index in [1.165, 1.54) is 45.2 Å². The zero-order valence-corrected chi connectivity index (χ0v) is 17.4. The number of aromatic nitrogens is 4. The van der Waals surface area contributed by atoms with Gasteiger partial charge in [-0.15, -0.1) is 5.10 Å². The summed E-state index contributed by atoms with van der Waals surface area (Å²) in [7, 11) is 1.69. The van der Waals surface area contributed by atoms with Gasteiger partial charge in [0.25, 0.3) is 0 Å². The second kappa shape index (κ2) is 8.19. The number of ether oxygens (including phenoxy) is 1. The maximum atomic E-state index is 14.2. The normalized spacial score (nSPS) is 18.0. The first kappa shape index (κ1) is 20.9. The van der Waals surface area contributed by atoms with Gasteiger partial charge >= 0.3 is 6.03 Å². The van der Waals surface area contributed by atoms with Crippen molar-refractivity contribution in [1.82, 2.24) is 29.9 Å². The molecule has 0 bridgehead atoms. The van der Waals surface area contributed by atoms with Crippen LogP contribution in [0.2, 0.25) is 0 Å². The smallest absolute Gasteiger partial charge is 0.341 e. The van der Waals surface area contributed by atoms with Gasteiger partial charge in [0.15, 0.2) is 11.6 Å². The molecule has 1 fully saturated rings. The SMILES string of the molecule is Cn1nncc1-c1cc(OC2CN(C(=O)N3N=CC[C@H]3c3cc(F)cc(F)c3)C2)c(F)cn1. The number of hydrogen-bond acceptors (Lipinski definition) is 6. The van der Waals surface area contributed by atoms with Crippen LogP contribution in [0.5, 0.6) is 5.75 Å². The van der Waals surface area contributed by atoms with E-state index < -0.39 is 35.6 Å². The summed E-state index contributed by atoms with van der Waals surface area (Å²) in [5.41, 5.74) is 1.36. The van der Waals surface area contributed by atoms with E-state index >= 15 is 0 Å². The van der Waals surface area contributed by atoms with Crippen LogP contribution in [0.25, 0.3) is 11.4 Å². The predicted molar refractivity (Wildman–Crippen MR) is 110 cm³/mol. The summed E-state index contributed by atoms with van der Waals surface area (Å²) < 4.78 is 48.7. The van der Waals surface area contributed by atoms with Crippen LogP contribution in [0, 0.1) is 17.5 Å². The number of halogens is 3. The van der Waals surface area contributed by atoms with Crippen LogP contribution in [-0.2, 0) is 7.05 Å². The highest BCUT2D eigenvalue weighted by molar-refractivity contribution is 5.79. The Kier molecular flexibility index (Phi) is 5.19. The van der Waals surface area contributed by atoms with Crippen molar-refractivity contribution < 1.29 is 22.7 Å². The Bertz CT molecular complexity index is 1220. The van der Waals surface area contributed by atoms with Gasteiger partial charge in [-0.2, -0.15) is 5.10 Å². The Balaban J connectivity index is 1.24. The minimum atomic E-state index is -0.720. The average molecular weight is 457 g/mol. The standard InChI is InChI=1S/C21H18F3N7O2/c1-29-19(9-26-28-29)17-7-20(16(24)8-25-17)33-15-10-30(11-15)21(32)31-18(2-3-27-31)12-4-13(22)6-14(23)5-12/h3-9,15,18H,2,10-11H2,1H3/t18-/m0/s1. The summed E-state index contributed by atoms with van der Waals surface area (Å²) in [5, 5.41) is 12.9. The van der Waals surface area contributed by atoms with E-state index in [1.54, 1.807) is 7.05 Å². The van der Waals surface area contributed by atoms with E-state index in [9.17, 15) is 18.0 Å². The van der Waals surface area contributed by atoms with Gasteiger partial charge in [0, 0.05) is 31.8 Å². The molecule has 170 valence electrons. The van der Waals surface area contributed by atoms with E-state index in [2.05, 4.69) is 20.4 Å². The summed E-state index contributed by atoms with van der Waals surface area (Å²) in [6.45, 7) is 0.416. The van der Waals surface area contributed by atoms with Crippen LogP contribution in [0.1, 0.15) is 18.0 Å². The number of nitrogens with zero attached hydrogens (tertiary/aromatic N) is 7. The third-order valence-corrected chi connectivity index (χ3v) is 5.50. The second-order valence-corrected chi connectivity index (χ2v) is 7.77. The Morgan fingerprint density at radius 1 is 1.09 bits per heavy atom. The monoisotopic (exact) mass is 457 g/mol. The molecule has 2 aliphatic heterocycles. The summed E-state index contributed by atoms with van der Waals surface area (Å²) in [5.74, 6) is -2.06. The van der Waals surface area contributed by atoms with E-state index in [4.69, 9.17) is 4.74 Å². The summed E-state index contributed by atoms with van der Waals surface area (Å²) in [4.78, 5) is 18.4. The zero-order chi connectivity index (χ0) is 23.1. The van der Waals surface area contributed by atoms with Crippen molar-refractivity contribution in [3.8, 4) is 17.1 Å². The maximum Gasteiger partial charge on any atom is 0.341 e. The number of benzene rings is 1. The molecule has 0 spiro atoms. The molecule has 0 N–H and O–H groups in total. The van der Waals surface area contributed by atoms with Gasteiger partial charge in [-0.1, -0.05) is 5.21 Å². The number of aryl methyl sites for hydroxylation is 1. The fourth-order valence-corrected chi connectivity index (χ4v) is 3.81. The lowest BCUT2D eigenvalue weighted by atomic mass is 10.0. The van der Waals surface area contributed by atoms with Crippen LogP contribution in [-0.4, -0.2) is 61.3 Å².